The first-order chi connectivity index (χ1) is 11.6. The summed E-state index contributed by atoms with van der Waals surface area (Å²) in [6, 6.07) is 2.70. The molecule has 8 heteroatoms. The van der Waals surface area contributed by atoms with Crippen LogP contribution < -0.4 is 0 Å². The lowest BCUT2D eigenvalue weighted by atomic mass is 9.99. The van der Waals surface area contributed by atoms with Crippen molar-refractivity contribution in [1.29, 1.82) is 0 Å². The fourth-order valence-corrected chi connectivity index (χ4v) is 2.04. The summed E-state index contributed by atoms with van der Waals surface area (Å²) in [5.41, 5.74) is -1.23. The van der Waals surface area contributed by atoms with E-state index in [1.165, 1.54) is 6.08 Å². The fraction of sp³-hybridized carbons (Fsp3) is 0.353. The molecule has 0 aliphatic rings. The topological polar surface area (TPSA) is 113 Å². The fourth-order valence-electron chi connectivity index (χ4n) is 2.04. The maximum atomic E-state index is 12.3. The monoisotopic (exact) mass is 348 g/mol. The molecule has 0 amide bonds. The molecular formula is C17H20N2O6. The minimum absolute atomic E-state index is 0.254. The van der Waals surface area contributed by atoms with E-state index in [2.05, 4.69) is 6.58 Å². The van der Waals surface area contributed by atoms with Crippen molar-refractivity contribution in [2.24, 2.45) is 0 Å². The largest absolute Gasteiger partial charge is 0.452 e. The number of carbonyl (C=O) groups is 1. The van der Waals surface area contributed by atoms with Gasteiger partial charge >= 0.3 is 5.97 Å². The van der Waals surface area contributed by atoms with Gasteiger partial charge in [0.25, 0.3) is 11.4 Å². The molecule has 134 valence electrons. The van der Waals surface area contributed by atoms with Crippen molar-refractivity contribution in [3.63, 3.8) is 0 Å². The highest BCUT2D eigenvalue weighted by molar-refractivity contribution is 5.91. The first-order valence-corrected chi connectivity index (χ1v) is 7.52. The van der Waals surface area contributed by atoms with E-state index in [0.717, 1.165) is 23.8 Å². The number of hydrogen-bond acceptors (Lipinski definition) is 6. The molecule has 1 unspecified atom stereocenters. The lowest BCUT2D eigenvalue weighted by Gasteiger charge is -2.25. The molecule has 8 nitrogen and oxygen atoms in total. The smallest absolute Gasteiger partial charge is 0.339 e. The van der Waals surface area contributed by atoms with Gasteiger partial charge in [0.2, 0.25) is 0 Å². The Morgan fingerprint density at radius 2 is 1.72 bits per heavy atom. The van der Waals surface area contributed by atoms with E-state index >= 15 is 0 Å². The Morgan fingerprint density at radius 3 is 2.12 bits per heavy atom. The van der Waals surface area contributed by atoms with Gasteiger partial charge in [-0.05, 0) is 39.7 Å². The molecule has 0 fully saturated rings. The molecule has 1 rings (SSSR count). The number of nitro groups is 2. The van der Waals surface area contributed by atoms with Crippen LogP contribution in [-0.4, -0.2) is 21.4 Å². The molecule has 0 aromatic heterocycles. The predicted molar refractivity (Wildman–Crippen MR) is 92.4 cm³/mol. The molecule has 0 saturated carbocycles. The molecular weight excluding hydrogens is 328 g/mol. The number of esters is 1. The van der Waals surface area contributed by atoms with Crippen LogP contribution in [0.15, 0.2) is 42.5 Å². The van der Waals surface area contributed by atoms with Gasteiger partial charge in [-0.25, -0.2) is 4.79 Å². The van der Waals surface area contributed by atoms with Crippen molar-refractivity contribution >= 4 is 17.3 Å². The Hall–Kier alpha value is -3.03. The van der Waals surface area contributed by atoms with Crippen molar-refractivity contribution in [3.05, 3.63) is 68.3 Å². The van der Waals surface area contributed by atoms with Gasteiger partial charge in [0.15, 0.2) is 0 Å². The van der Waals surface area contributed by atoms with Crippen LogP contribution in [0.3, 0.4) is 0 Å². The van der Waals surface area contributed by atoms with Crippen molar-refractivity contribution in [2.75, 3.05) is 0 Å². The second kappa shape index (κ2) is 8.18. The van der Waals surface area contributed by atoms with Crippen LogP contribution in [0.2, 0.25) is 0 Å². The number of rotatable bonds is 8. The number of nitrogens with zero attached hydrogens (tertiary/aromatic N) is 2. The average molecular weight is 348 g/mol. The zero-order valence-electron chi connectivity index (χ0n) is 14.4. The second-order valence-electron chi connectivity index (χ2n) is 5.98. The van der Waals surface area contributed by atoms with Gasteiger partial charge in [0.05, 0.1) is 21.5 Å². The highest BCUT2D eigenvalue weighted by Gasteiger charge is 2.27. The zero-order chi connectivity index (χ0) is 19.2. The highest BCUT2D eigenvalue weighted by atomic mass is 16.6. The van der Waals surface area contributed by atoms with Gasteiger partial charge in [-0.15, -0.1) is 0 Å². The molecule has 0 saturated heterocycles. The third kappa shape index (κ3) is 5.83. The van der Waals surface area contributed by atoms with E-state index in [-0.39, 0.29) is 5.56 Å². The van der Waals surface area contributed by atoms with Gasteiger partial charge in [-0.3, -0.25) is 20.2 Å². The number of carbonyl (C=O) groups excluding carboxylic acids is 1. The number of ether oxygens (including phenoxy) is 1. The van der Waals surface area contributed by atoms with Crippen molar-refractivity contribution in [2.45, 2.75) is 39.2 Å². The van der Waals surface area contributed by atoms with Crippen molar-refractivity contribution in [1.82, 2.24) is 0 Å². The summed E-state index contributed by atoms with van der Waals surface area (Å²) in [5, 5.41) is 21.8. The number of allylic oxidation sites excluding steroid dienone is 2. The third-order valence-electron chi connectivity index (χ3n) is 3.51. The molecule has 0 aliphatic heterocycles. The lowest BCUT2D eigenvalue weighted by molar-refractivity contribution is -0.394. The minimum atomic E-state index is -0.998. The van der Waals surface area contributed by atoms with E-state index in [1.54, 1.807) is 6.92 Å². The average Bonchev–Trinajstić information content (AvgIpc) is 2.53. The number of non-ortho nitro benzene ring substituents is 2. The standard InChI is InChI=1S/C17H20N2O6/c1-5-17(4,8-6-7-12(2)3)25-16(20)13-9-14(18(21)22)11-15(10-13)19(23)24/h5,7,9-11H,1,6,8H2,2-4H3. The molecule has 0 aliphatic carbocycles. The van der Waals surface area contributed by atoms with Crippen LogP contribution in [0.4, 0.5) is 11.4 Å². The molecule has 1 aromatic rings. The Balaban J connectivity index is 3.08. The quantitative estimate of drug-likeness (QED) is 0.299. The summed E-state index contributed by atoms with van der Waals surface area (Å²) < 4.78 is 5.39. The first-order valence-electron chi connectivity index (χ1n) is 7.52. The number of hydrogen-bond donors (Lipinski definition) is 0. The molecule has 1 aromatic carbocycles. The van der Waals surface area contributed by atoms with Gasteiger partial charge in [-0.2, -0.15) is 0 Å². The lowest BCUT2D eigenvalue weighted by Crippen LogP contribution is -2.29. The Bertz CT molecular complexity index is 704. The predicted octanol–water partition coefficient (Wildman–Crippen LogP) is 4.35. The first kappa shape index (κ1) is 20.0. The maximum Gasteiger partial charge on any atom is 0.339 e. The van der Waals surface area contributed by atoms with Crippen LogP contribution in [0.25, 0.3) is 0 Å². The summed E-state index contributed by atoms with van der Waals surface area (Å²) in [4.78, 5) is 32.5. The molecule has 0 heterocycles. The second-order valence-corrected chi connectivity index (χ2v) is 5.98. The van der Waals surface area contributed by atoms with Crippen LogP contribution in [0.5, 0.6) is 0 Å². The van der Waals surface area contributed by atoms with Gasteiger partial charge in [-0.1, -0.05) is 18.2 Å². The highest BCUT2D eigenvalue weighted by Crippen LogP contribution is 2.26. The SMILES string of the molecule is C=CC(C)(CCC=C(C)C)OC(=O)c1cc([N+](=O)[O-])cc([N+](=O)[O-])c1. The van der Waals surface area contributed by atoms with Crippen molar-refractivity contribution < 1.29 is 19.4 Å². The van der Waals surface area contributed by atoms with E-state index in [1.807, 2.05) is 19.9 Å². The summed E-state index contributed by atoms with van der Waals surface area (Å²) in [6.07, 6.45) is 4.56. The summed E-state index contributed by atoms with van der Waals surface area (Å²) in [5.74, 6) is -0.883. The van der Waals surface area contributed by atoms with Crippen LogP contribution in [-0.2, 0) is 4.74 Å². The Labute approximate surface area is 145 Å². The molecule has 0 spiro atoms. The Kier molecular flexibility index (Phi) is 6.55. The molecule has 25 heavy (non-hydrogen) atoms. The van der Waals surface area contributed by atoms with E-state index in [0.29, 0.717) is 12.8 Å². The van der Waals surface area contributed by atoms with E-state index < -0.39 is 32.8 Å². The van der Waals surface area contributed by atoms with Gasteiger partial charge < -0.3 is 4.74 Å². The van der Waals surface area contributed by atoms with Crippen LogP contribution in [0.1, 0.15) is 44.0 Å². The summed E-state index contributed by atoms with van der Waals surface area (Å²) in [7, 11) is 0. The van der Waals surface area contributed by atoms with E-state index in [9.17, 15) is 25.0 Å². The molecule has 0 N–H and O–H groups in total. The normalized spacial score (nSPS) is 12.6. The zero-order valence-corrected chi connectivity index (χ0v) is 14.4. The minimum Gasteiger partial charge on any atom is -0.452 e. The summed E-state index contributed by atoms with van der Waals surface area (Å²) in [6.45, 7) is 9.20. The van der Waals surface area contributed by atoms with Crippen LogP contribution >= 0.6 is 0 Å². The Morgan fingerprint density at radius 1 is 1.20 bits per heavy atom. The molecule has 0 bridgehead atoms. The third-order valence-corrected chi connectivity index (χ3v) is 3.51. The molecule has 1 atom stereocenters. The van der Waals surface area contributed by atoms with E-state index in [4.69, 9.17) is 4.74 Å². The summed E-state index contributed by atoms with van der Waals surface area (Å²) >= 11 is 0. The van der Waals surface area contributed by atoms with Gasteiger partial charge in [0.1, 0.15) is 5.60 Å². The van der Waals surface area contributed by atoms with Crippen LogP contribution in [0, 0.1) is 20.2 Å². The van der Waals surface area contributed by atoms with Gasteiger partial charge in [0, 0.05) is 12.1 Å². The van der Waals surface area contributed by atoms with Crippen molar-refractivity contribution in [3.8, 4) is 0 Å². The molecule has 0 radical (unpaired) electrons. The number of benzene rings is 1. The maximum absolute atomic E-state index is 12.3. The number of nitro benzene ring substituents is 2.